The van der Waals surface area contributed by atoms with Crippen LogP contribution in [0.25, 0.3) is 0 Å². The van der Waals surface area contributed by atoms with Gasteiger partial charge in [-0.25, -0.2) is 0 Å². The van der Waals surface area contributed by atoms with Gasteiger partial charge in [0.15, 0.2) is 0 Å². The van der Waals surface area contributed by atoms with Gasteiger partial charge in [0, 0.05) is 41.4 Å². The van der Waals surface area contributed by atoms with E-state index < -0.39 is 0 Å². The number of rotatable bonds is 8. The summed E-state index contributed by atoms with van der Waals surface area (Å²) in [7, 11) is 0. The first-order chi connectivity index (χ1) is 17.4. The van der Waals surface area contributed by atoms with Gasteiger partial charge in [0.05, 0.1) is 6.04 Å². The van der Waals surface area contributed by atoms with Crippen LogP contribution < -0.4 is 5.32 Å². The number of thiophene rings is 1. The highest BCUT2D eigenvalue weighted by Gasteiger charge is 2.42. The highest BCUT2D eigenvalue weighted by Crippen LogP contribution is 2.42. The Kier molecular flexibility index (Phi) is 7.78. The van der Waals surface area contributed by atoms with Crippen LogP contribution in [0.1, 0.15) is 117 Å². The third-order valence-electron chi connectivity index (χ3n) is 8.68. The van der Waals surface area contributed by atoms with E-state index in [1.54, 1.807) is 0 Å². The Hall–Kier alpha value is -2.24. The first-order valence-electron chi connectivity index (χ1n) is 13.9. The summed E-state index contributed by atoms with van der Waals surface area (Å²) < 4.78 is 2.41. The average molecular weight is 509 g/mol. The Morgan fingerprint density at radius 1 is 1.11 bits per heavy atom. The lowest BCUT2D eigenvalue weighted by Crippen LogP contribution is -2.45. The SMILES string of the molecule is Cc1nnc(C(C)C)n1C1C[C@H]2CC[C@@H](C1)N2CC[C@H](NC(=O)C1CCCCC1)c1ccc(C#N)s1. The highest BCUT2D eigenvalue weighted by molar-refractivity contribution is 7.12. The molecule has 7 nitrogen and oxygen atoms in total. The van der Waals surface area contributed by atoms with E-state index in [1.807, 2.05) is 12.1 Å². The molecule has 8 heteroatoms. The zero-order chi connectivity index (χ0) is 25.2. The minimum Gasteiger partial charge on any atom is -0.348 e. The molecule has 1 aliphatic carbocycles. The number of piperidine rings is 1. The second kappa shape index (κ2) is 11.0. The largest absolute Gasteiger partial charge is 0.348 e. The van der Waals surface area contributed by atoms with E-state index in [4.69, 9.17) is 0 Å². The maximum Gasteiger partial charge on any atom is 0.223 e. The van der Waals surface area contributed by atoms with Gasteiger partial charge in [-0.2, -0.15) is 5.26 Å². The van der Waals surface area contributed by atoms with Crippen LogP contribution in [0.2, 0.25) is 0 Å². The van der Waals surface area contributed by atoms with Gasteiger partial charge in [-0.05, 0) is 64.0 Å². The number of nitrogens with one attached hydrogen (secondary N) is 1. The minimum absolute atomic E-state index is 0.0173. The van der Waals surface area contributed by atoms with E-state index in [0.29, 0.717) is 28.9 Å². The van der Waals surface area contributed by atoms with Crippen molar-refractivity contribution in [1.29, 1.82) is 5.26 Å². The van der Waals surface area contributed by atoms with E-state index in [1.165, 1.54) is 30.6 Å². The number of aromatic nitrogens is 3. The molecule has 0 aromatic carbocycles. The molecule has 3 fully saturated rings. The molecule has 1 N–H and O–H groups in total. The molecule has 2 aromatic heterocycles. The summed E-state index contributed by atoms with van der Waals surface area (Å²) in [6, 6.07) is 7.80. The van der Waals surface area contributed by atoms with Gasteiger partial charge in [0.25, 0.3) is 0 Å². The number of nitrogens with zero attached hydrogens (tertiary/aromatic N) is 5. The highest BCUT2D eigenvalue weighted by atomic mass is 32.1. The normalized spacial score (nSPS) is 25.7. The molecule has 2 bridgehead atoms. The smallest absolute Gasteiger partial charge is 0.223 e. The molecule has 1 saturated carbocycles. The molecule has 2 aromatic rings. The van der Waals surface area contributed by atoms with Crippen molar-refractivity contribution in [2.45, 2.75) is 115 Å². The number of carbonyl (C=O) groups excluding carboxylic acids is 1. The van der Waals surface area contributed by atoms with Crippen LogP contribution in [0.3, 0.4) is 0 Å². The number of aryl methyl sites for hydroxylation is 1. The fourth-order valence-electron chi connectivity index (χ4n) is 6.87. The van der Waals surface area contributed by atoms with Crippen molar-refractivity contribution in [1.82, 2.24) is 25.0 Å². The summed E-state index contributed by atoms with van der Waals surface area (Å²) >= 11 is 1.53. The number of hydrogen-bond acceptors (Lipinski definition) is 6. The molecule has 1 amide bonds. The Bertz CT molecular complexity index is 1080. The van der Waals surface area contributed by atoms with E-state index in [0.717, 1.165) is 68.0 Å². The lowest BCUT2D eigenvalue weighted by atomic mass is 9.88. The summed E-state index contributed by atoms with van der Waals surface area (Å²) in [5.74, 6) is 2.87. The molecule has 4 heterocycles. The second-order valence-corrected chi connectivity index (χ2v) is 12.5. The third kappa shape index (κ3) is 5.24. The summed E-state index contributed by atoms with van der Waals surface area (Å²) in [6.45, 7) is 7.47. The zero-order valence-corrected chi connectivity index (χ0v) is 22.8. The van der Waals surface area contributed by atoms with E-state index >= 15 is 0 Å². The molecule has 3 aliphatic rings. The number of fused-ring (bicyclic) bond motifs is 2. The van der Waals surface area contributed by atoms with Crippen molar-refractivity contribution >= 4 is 17.2 Å². The first-order valence-corrected chi connectivity index (χ1v) is 14.7. The van der Waals surface area contributed by atoms with Gasteiger partial charge in [-0.15, -0.1) is 21.5 Å². The first kappa shape index (κ1) is 25.4. The van der Waals surface area contributed by atoms with Gasteiger partial charge >= 0.3 is 0 Å². The number of amides is 1. The lowest BCUT2D eigenvalue weighted by Gasteiger charge is -2.40. The summed E-state index contributed by atoms with van der Waals surface area (Å²) in [5.41, 5.74) is 0. The predicted molar refractivity (Wildman–Crippen MR) is 142 cm³/mol. The monoisotopic (exact) mass is 508 g/mol. The Morgan fingerprint density at radius 2 is 1.83 bits per heavy atom. The Balaban J connectivity index is 1.26. The molecule has 0 radical (unpaired) electrons. The van der Waals surface area contributed by atoms with Gasteiger partial charge in [0.1, 0.15) is 22.6 Å². The van der Waals surface area contributed by atoms with Crippen molar-refractivity contribution in [2.75, 3.05) is 6.54 Å². The average Bonchev–Trinajstić information content (AvgIpc) is 3.58. The molecule has 2 saturated heterocycles. The molecule has 194 valence electrons. The molecule has 0 spiro atoms. The Morgan fingerprint density at radius 3 is 2.47 bits per heavy atom. The van der Waals surface area contributed by atoms with E-state index in [2.05, 4.69) is 51.8 Å². The predicted octanol–water partition coefficient (Wildman–Crippen LogP) is 5.64. The molecule has 2 aliphatic heterocycles. The Labute approximate surface area is 219 Å². The summed E-state index contributed by atoms with van der Waals surface area (Å²) in [4.78, 5) is 17.7. The van der Waals surface area contributed by atoms with Crippen molar-refractivity contribution < 1.29 is 4.79 Å². The fraction of sp³-hybridized carbons (Fsp3) is 0.714. The van der Waals surface area contributed by atoms with Crippen molar-refractivity contribution in [3.8, 4) is 6.07 Å². The van der Waals surface area contributed by atoms with Gasteiger partial charge in [0.2, 0.25) is 5.91 Å². The molecular weight excluding hydrogens is 468 g/mol. The third-order valence-corrected chi connectivity index (χ3v) is 9.79. The molecular formula is C28H40N6OS. The van der Waals surface area contributed by atoms with Crippen LogP contribution in [-0.4, -0.2) is 44.2 Å². The van der Waals surface area contributed by atoms with Gasteiger partial charge < -0.3 is 9.88 Å². The standard InChI is InChI=1S/C28H40N6OS/c1-18(2)27-32-31-19(3)34(27)23-15-21-9-10-22(16-23)33(21)14-13-25(26-12-11-24(17-29)36-26)30-28(35)20-7-5-4-6-8-20/h11-12,18,20-23,25H,4-10,13-16H2,1-3H3,(H,30,35)/t21-,22+,23?,25-/m0/s1. The van der Waals surface area contributed by atoms with Gasteiger partial charge in [-0.1, -0.05) is 33.1 Å². The van der Waals surface area contributed by atoms with Gasteiger partial charge in [-0.3, -0.25) is 9.69 Å². The molecule has 4 atom stereocenters. The van der Waals surface area contributed by atoms with Crippen LogP contribution in [0.4, 0.5) is 0 Å². The summed E-state index contributed by atoms with van der Waals surface area (Å²) in [6.07, 6.45) is 11.2. The van der Waals surface area contributed by atoms with Crippen LogP contribution >= 0.6 is 11.3 Å². The van der Waals surface area contributed by atoms with E-state index in [-0.39, 0.29) is 17.9 Å². The topological polar surface area (TPSA) is 86.8 Å². The molecule has 5 rings (SSSR count). The van der Waals surface area contributed by atoms with Crippen LogP contribution in [0, 0.1) is 24.2 Å². The number of nitriles is 1. The quantitative estimate of drug-likeness (QED) is 0.499. The minimum atomic E-state index is -0.0173. The lowest BCUT2D eigenvalue weighted by molar-refractivity contribution is -0.126. The number of hydrogen-bond donors (Lipinski definition) is 1. The molecule has 1 unspecified atom stereocenters. The van der Waals surface area contributed by atoms with Crippen molar-refractivity contribution in [3.05, 3.63) is 33.5 Å². The van der Waals surface area contributed by atoms with Crippen molar-refractivity contribution in [3.63, 3.8) is 0 Å². The maximum absolute atomic E-state index is 13.1. The second-order valence-electron chi connectivity index (χ2n) is 11.4. The number of carbonyl (C=O) groups is 1. The molecule has 36 heavy (non-hydrogen) atoms. The maximum atomic E-state index is 13.1. The van der Waals surface area contributed by atoms with Crippen LogP contribution in [-0.2, 0) is 4.79 Å². The zero-order valence-electron chi connectivity index (χ0n) is 21.9. The van der Waals surface area contributed by atoms with E-state index in [9.17, 15) is 10.1 Å². The van der Waals surface area contributed by atoms with Crippen LogP contribution in [0.5, 0.6) is 0 Å². The summed E-state index contributed by atoms with van der Waals surface area (Å²) in [5, 5.41) is 21.7. The van der Waals surface area contributed by atoms with Crippen molar-refractivity contribution in [2.24, 2.45) is 5.92 Å². The fourth-order valence-corrected chi connectivity index (χ4v) is 7.76. The van der Waals surface area contributed by atoms with Crippen LogP contribution in [0.15, 0.2) is 12.1 Å².